The second kappa shape index (κ2) is 13.1. The number of urea groups is 1. The van der Waals surface area contributed by atoms with Gasteiger partial charge in [-0.2, -0.15) is 17.5 Å². The molecule has 42 heavy (non-hydrogen) atoms. The third-order valence-electron chi connectivity index (χ3n) is 6.56. The first-order valence-corrected chi connectivity index (χ1v) is 14.5. The summed E-state index contributed by atoms with van der Waals surface area (Å²) in [7, 11) is -3.89. The fourth-order valence-electron chi connectivity index (χ4n) is 4.39. The van der Waals surface area contributed by atoms with Gasteiger partial charge in [0.05, 0.1) is 17.0 Å². The number of amides is 3. The van der Waals surface area contributed by atoms with Crippen LogP contribution in [-0.2, 0) is 21.0 Å². The number of hydrogen-bond acceptors (Lipinski definition) is 5. The Labute approximate surface area is 242 Å². The van der Waals surface area contributed by atoms with E-state index in [4.69, 9.17) is 0 Å². The van der Waals surface area contributed by atoms with Gasteiger partial charge in [0, 0.05) is 49.8 Å². The lowest BCUT2D eigenvalue weighted by atomic mass is 10.2. The Bertz CT molecular complexity index is 1510. The van der Waals surface area contributed by atoms with Crippen molar-refractivity contribution in [3.63, 3.8) is 0 Å². The molecule has 2 N–H and O–H groups in total. The smallest absolute Gasteiger partial charge is 0.368 e. The number of hydrogen-bond donors (Lipinski definition) is 2. The summed E-state index contributed by atoms with van der Waals surface area (Å²) < 4.78 is 65.8. The van der Waals surface area contributed by atoms with Gasteiger partial charge in [-0.15, -0.1) is 6.58 Å². The van der Waals surface area contributed by atoms with Crippen molar-refractivity contribution in [1.29, 1.82) is 0 Å². The minimum Gasteiger partial charge on any atom is -0.368 e. The maximum atomic E-state index is 13.0. The molecule has 0 saturated carbocycles. The zero-order chi connectivity index (χ0) is 30.3. The molecule has 1 aliphatic rings. The van der Waals surface area contributed by atoms with Crippen LogP contribution in [0.25, 0.3) is 0 Å². The summed E-state index contributed by atoms with van der Waals surface area (Å²) in [5.41, 5.74) is 0.570. The summed E-state index contributed by atoms with van der Waals surface area (Å²) >= 11 is 0. The zero-order valence-electron chi connectivity index (χ0n) is 22.5. The van der Waals surface area contributed by atoms with Gasteiger partial charge in [-0.3, -0.25) is 4.79 Å². The number of halogens is 3. The third-order valence-corrected chi connectivity index (χ3v) is 8.38. The normalized spacial score (nSPS) is 14.0. The molecule has 0 atom stereocenters. The minimum absolute atomic E-state index is 0.0342. The van der Waals surface area contributed by atoms with E-state index < -0.39 is 40.2 Å². The van der Waals surface area contributed by atoms with Crippen LogP contribution in [0.4, 0.5) is 35.0 Å². The van der Waals surface area contributed by atoms with E-state index in [-0.39, 0.29) is 17.1 Å². The van der Waals surface area contributed by atoms with Crippen molar-refractivity contribution in [2.45, 2.75) is 11.1 Å². The molecule has 3 aromatic rings. The second-order valence-electron chi connectivity index (χ2n) is 9.48. The van der Waals surface area contributed by atoms with Crippen LogP contribution in [0, 0.1) is 0 Å². The van der Waals surface area contributed by atoms with Gasteiger partial charge in [0.2, 0.25) is 15.9 Å². The molecule has 13 heteroatoms. The molecule has 0 unspecified atom stereocenters. The Balaban J connectivity index is 1.29. The Morgan fingerprint density at radius 1 is 0.881 bits per heavy atom. The van der Waals surface area contributed by atoms with E-state index in [0.717, 1.165) is 22.1 Å². The molecule has 0 aromatic heterocycles. The highest BCUT2D eigenvalue weighted by molar-refractivity contribution is 7.89. The van der Waals surface area contributed by atoms with Gasteiger partial charge in [-0.25, -0.2) is 13.2 Å². The fraction of sp³-hybridized carbons (Fsp3) is 0.241. The van der Waals surface area contributed by atoms with E-state index in [1.807, 2.05) is 4.90 Å². The fourth-order valence-corrected chi connectivity index (χ4v) is 5.78. The first-order valence-electron chi connectivity index (χ1n) is 13.0. The summed E-state index contributed by atoms with van der Waals surface area (Å²) in [5.74, 6) is -0.510. The van der Waals surface area contributed by atoms with Crippen LogP contribution in [-0.4, -0.2) is 68.8 Å². The summed E-state index contributed by atoms with van der Waals surface area (Å²) in [6, 6.07) is 18.9. The second-order valence-corrected chi connectivity index (χ2v) is 11.4. The lowest BCUT2D eigenvalue weighted by molar-refractivity contribution is -0.137. The number of benzene rings is 3. The highest BCUT2D eigenvalue weighted by Gasteiger charge is 2.31. The maximum absolute atomic E-state index is 13.0. The van der Waals surface area contributed by atoms with Gasteiger partial charge in [0.15, 0.2) is 0 Å². The number of piperazine rings is 1. The molecule has 0 spiro atoms. The molecule has 3 aromatic carbocycles. The average Bonchev–Trinajstić information content (AvgIpc) is 2.97. The lowest BCUT2D eigenvalue weighted by Crippen LogP contribution is -2.50. The first kappa shape index (κ1) is 30.6. The van der Waals surface area contributed by atoms with E-state index in [0.29, 0.717) is 31.9 Å². The van der Waals surface area contributed by atoms with Crippen molar-refractivity contribution in [3.05, 3.63) is 97.1 Å². The predicted molar refractivity (Wildman–Crippen MR) is 155 cm³/mol. The molecule has 0 bridgehead atoms. The van der Waals surface area contributed by atoms with Crippen molar-refractivity contribution in [2.24, 2.45) is 0 Å². The zero-order valence-corrected chi connectivity index (χ0v) is 23.4. The summed E-state index contributed by atoms with van der Waals surface area (Å²) in [5, 5.41) is 5.24. The lowest BCUT2D eigenvalue weighted by Gasteiger charge is -2.36. The quantitative estimate of drug-likeness (QED) is 0.341. The van der Waals surface area contributed by atoms with Crippen molar-refractivity contribution in [2.75, 3.05) is 54.8 Å². The van der Waals surface area contributed by atoms with Crippen LogP contribution in [0.15, 0.2) is 96.4 Å². The maximum Gasteiger partial charge on any atom is 0.416 e. The van der Waals surface area contributed by atoms with E-state index in [1.54, 1.807) is 42.5 Å². The molecule has 1 saturated heterocycles. The van der Waals surface area contributed by atoms with Gasteiger partial charge >= 0.3 is 12.2 Å². The van der Waals surface area contributed by atoms with Gasteiger partial charge in [0.25, 0.3) is 0 Å². The number of carbonyl (C=O) groups is 2. The first-order chi connectivity index (χ1) is 20.0. The van der Waals surface area contributed by atoms with Crippen molar-refractivity contribution in [1.82, 2.24) is 9.21 Å². The number of rotatable bonds is 9. The van der Waals surface area contributed by atoms with Crippen molar-refractivity contribution >= 4 is 39.0 Å². The van der Waals surface area contributed by atoms with Crippen LogP contribution in [0.5, 0.6) is 0 Å². The Hall–Kier alpha value is -4.36. The summed E-state index contributed by atoms with van der Waals surface area (Å²) in [4.78, 5) is 29.0. The molecule has 3 amide bonds. The van der Waals surface area contributed by atoms with Crippen LogP contribution in [0.3, 0.4) is 0 Å². The topological polar surface area (TPSA) is 102 Å². The third kappa shape index (κ3) is 7.68. The van der Waals surface area contributed by atoms with E-state index >= 15 is 0 Å². The van der Waals surface area contributed by atoms with Crippen molar-refractivity contribution < 1.29 is 31.2 Å². The predicted octanol–water partition coefficient (Wildman–Crippen LogP) is 4.87. The number of nitrogens with zero attached hydrogens (tertiary/aromatic N) is 3. The Kier molecular flexibility index (Phi) is 9.53. The van der Waals surface area contributed by atoms with E-state index in [2.05, 4.69) is 17.2 Å². The van der Waals surface area contributed by atoms with E-state index in [9.17, 15) is 31.2 Å². The molecule has 1 heterocycles. The van der Waals surface area contributed by atoms with Crippen LogP contribution >= 0.6 is 0 Å². The summed E-state index contributed by atoms with van der Waals surface area (Å²) in [6.07, 6.45) is -3.09. The van der Waals surface area contributed by atoms with E-state index in [1.165, 1.54) is 35.2 Å². The number of sulfonamides is 1. The van der Waals surface area contributed by atoms with Crippen LogP contribution < -0.4 is 15.5 Å². The molecule has 9 nitrogen and oxygen atoms in total. The molecule has 0 radical (unpaired) electrons. The molecule has 1 aliphatic heterocycles. The van der Waals surface area contributed by atoms with Crippen LogP contribution in [0.1, 0.15) is 5.56 Å². The molecular formula is C29H30F3N5O4S. The van der Waals surface area contributed by atoms with Gasteiger partial charge in [-0.1, -0.05) is 30.3 Å². The Morgan fingerprint density at radius 3 is 2.17 bits per heavy atom. The number of anilines is 3. The monoisotopic (exact) mass is 601 g/mol. The molecule has 0 aliphatic carbocycles. The van der Waals surface area contributed by atoms with Gasteiger partial charge in [0.1, 0.15) is 0 Å². The molecule has 4 rings (SSSR count). The standard InChI is InChI=1S/C29H30F3N5O4S/c1-2-15-37(42(40,41)26-9-4-3-5-10-26)21-27(38)33-23-11-13-25(14-12-23)35-16-18-36(19-17-35)28(39)34-24-8-6-7-22(20-24)29(30,31)32/h2-14,20H,1,15-19,21H2,(H,33,38)(H,34,39). The van der Waals surface area contributed by atoms with Gasteiger partial charge in [-0.05, 0) is 54.6 Å². The number of nitrogens with one attached hydrogen (secondary N) is 2. The average molecular weight is 602 g/mol. The summed E-state index contributed by atoms with van der Waals surface area (Å²) in [6.45, 7) is 4.87. The minimum atomic E-state index is -4.50. The highest BCUT2D eigenvalue weighted by Crippen LogP contribution is 2.30. The highest BCUT2D eigenvalue weighted by atomic mass is 32.2. The SMILES string of the molecule is C=CCN(CC(=O)Nc1ccc(N2CCN(C(=O)Nc3cccc(C(F)(F)F)c3)CC2)cc1)S(=O)(=O)c1ccccc1. The Morgan fingerprint density at radius 2 is 1.55 bits per heavy atom. The van der Waals surface area contributed by atoms with Crippen molar-refractivity contribution in [3.8, 4) is 0 Å². The molecule has 1 fully saturated rings. The molecular weight excluding hydrogens is 571 g/mol. The largest absolute Gasteiger partial charge is 0.416 e. The number of carbonyl (C=O) groups excluding carboxylic acids is 2. The van der Waals surface area contributed by atoms with Gasteiger partial charge < -0.3 is 20.4 Å². The van der Waals surface area contributed by atoms with Crippen LogP contribution in [0.2, 0.25) is 0 Å². The number of alkyl halides is 3. The molecule has 222 valence electrons.